The lowest BCUT2D eigenvalue weighted by Gasteiger charge is -2.13. The molecule has 7 heteroatoms. The summed E-state index contributed by atoms with van der Waals surface area (Å²) in [4.78, 5) is 0. The molecule has 0 radical (unpaired) electrons. The second-order valence-corrected chi connectivity index (χ2v) is 3.99. The van der Waals surface area contributed by atoms with E-state index in [0.29, 0.717) is 9.80 Å². The highest BCUT2D eigenvalue weighted by Crippen LogP contribution is 2.36. The Morgan fingerprint density at radius 3 is 2.40 bits per heavy atom. The molecule has 0 spiro atoms. The van der Waals surface area contributed by atoms with Crippen molar-refractivity contribution in [1.82, 2.24) is 0 Å². The quantitative estimate of drug-likeness (QED) is 0.651. The molecule has 0 aliphatic carbocycles. The van der Waals surface area contributed by atoms with Gasteiger partial charge in [-0.05, 0) is 27.6 Å². The molecule has 0 fully saturated rings. The molecule has 1 aromatic carbocycles. The number of halogens is 5. The summed E-state index contributed by atoms with van der Waals surface area (Å²) < 4.78 is 39.9. The molecule has 0 saturated carbocycles. The number of rotatable bonds is 2. The molecule has 0 heterocycles. The van der Waals surface area contributed by atoms with Crippen molar-refractivity contribution in [2.75, 3.05) is 5.73 Å². The third-order valence-electron chi connectivity index (χ3n) is 1.59. The maximum atomic E-state index is 11.9. The van der Waals surface area contributed by atoms with Crippen LogP contribution in [0.5, 0.6) is 5.75 Å². The van der Waals surface area contributed by atoms with Crippen molar-refractivity contribution < 1.29 is 17.9 Å². The zero-order chi connectivity index (χ0) is 11.6. The summed E-state index contributed by atoms with van der Waals surface area (Å²) in [5.74, 6) is -0.404. The molecule has 84 valence electrons. The lowest BCUT2D eigenvalue weighted by molar-refractivity contribution is -0.274. The van der Waals surface area contributed by atoms with Crippen molar-refractivity contribution in [3.05, 3.63) is 22.2 Å². The molecular formula is C8H6Br2F3NO. The smallest absolute Gasteiger partial charge is 0.404 e. The lowest BCUT2D eigenvalue weighted by atomic mass is 10.2. The van der Waals surface area contributed by atoms with Crippen LogP contribution in [0.15, 0.2) is 16.6 Å². The molecule has 1 aromatic rings. The number of nitrogen functional groups attached to an aromatic ring is 1. The molecule has 0 aliphatic rings. The monoisotopic (exact) mass is 347 g/mol. The van der Waals surface area contributed by atoms with Crippen LogP contribution in [0.3, 0.4) is 0 Å². The van der Waals surface area contributed by atoms with E-state index in [1.54, 1.807) is 0 Å². The zero-order valence-corrected chi connectivity index (χ0v) is 10.4. The molecule has 2 nitrogen and oxygen atoms in total. The first kappa shape index (κ1) is 12.6. The van der Waals surface area contributed by atoms with Gasteiger partial charge in [-0.3, -0.25) is 0 Å². The van der Waals surface area contributed by atoms with Gasteiger partial charge < -0.3 is 10.5 Å². The van der Waals surface area contributed by atoms with Crippen molar-refractivity contribution in [2.45, 2.75) is 11.7 Å². The van der Waals surface area contributed by atoms with Gasteiger partial charge in [-0.2, -0.15) is 0 Å². The molecule has 15 heavy (non-hydrogen) atoms. The van der Waals surface area contributed by atoms with Crippen LogP contribution < -0.4 is 10.5 Å². The summed E-state index contributed by atoms with van der Waals surface area (Å²) in [6, 6.07) is 2.68. The molecule has 0 aromatic heterocycles. The molecule has 0 unspecified atom stereocenters. The zero-order valence-electron chi connectivity index (χ0n) is 7.24. The first-order chi connectivity index (χ1) is 6.85. The molecule has 0 saturated heterocycles. The average Bonchev–Trinajstić information content (AvgIpc) is 2.11. The summed E-state index contributed by atoms with van der Waals surface area (Å²) in [5, 5.41) is 0.490. The Morgan fingerprint density at radius 1 is 1.33 bits per heavy atom. The fraction of sp³-hybridized carbons (Fsp3) is 0.250. The van der Waals surface area contributed by atoms with E-state index in [4.69, 9.17) is 5.73 Å². The minimum atomic E-state index is -4.73. The standard InChI is InChI=1S/C8H6Br2F3NO/c9-3-4-1-2-5(7(14)6(4)10)15-8(11,12)13/h1-2H,3,14H2. The molecule has 0 aliphatic heterocycles. The van der Waals surface area contributed by atoms with Gasteiger partial charge in [0.25, 0.3) is 0 Å². The molecule has 0 bridgehead atoms. The Bertz CT molecular complexity index is 368. The van der Waals surface area contributed by atoms with Gasteiger partial charge in [0.05, 0.1) is 5.69 Å². The topological polar surface area (TPSA) is 35.2 Å². The predicted molar refractivity (Wildman–Crippen MR) is 57.9 cm³/mol. The van der Waals surface area contributed by atoms with Crippen LogP contribution in [-0.4, -0.2) is 6.36 Å². The van der Waals surface area contributed by atoms with Crippen molar-refractivity contribution in [1.29, 1.82) is 0 Å². The normalized spacial score (nSPS) is 11.5. The Kier molecular flexibility index (Phi) is 3.88. The van der Waals surface area contributed by atoms with Gasteiger partial charge >= 0.3 is 6.36 Å². The van der Waals surface area contributed by atoms with Crippen molar-refractivity contribution in [3.8, 4) is 5.75 Å². The number of hydrogen-bond donors (Lipinski definition) is 1. The maximum Gasteiger partial charge on any atom is 0.573 e. The van der Waals surface area contributed by atoms with Crippen LogP contribution in [-0.2, 0) is 5.33 Å². The van der Waals surface area contributed by atoms with Crippen LogP contribution in [0.25, 0.3) is 0 Å². The van der Waals surface area contributed by atoms with Crippen molar-refractivity contribution >= 4 is 37.5 Å². The first-order valence-electron chi connectivity index (χ1n) is 3.73. The number of benzene rings is 1. The minimum Gasteiger partial charge on any atom is -0.404 e. The highest BCUT2D eigenvalue weighted by Gasteiger charge is 2.32. The van der Waals surface area contributed by atoms with Gasteiger partial charge in [0.2, 0.25) is 0 Å². The second-order valence-electron chi connectivity index (χ2n) is 2.63. The van der Waals surface area contributed by atoms with E-state index >= 15 is 0 Å². The van der Waals surface area contributed by atoms with E-state index in [2.05, 4.69) is 36.6 Å². The third kappa shape index (κ3) is 3.27. The SMILES string of the molecule is Nc1c(OC(F)(F)F)ccc(CBr)c1Br. The Balaban J connectivity index is 3.07. The van der Waals surface area contributed by atoms with E-state index in [0.717, 1.165) is 5.56 Å². The van der Waals surface area contributed by atoms with E-state index in [1.165, 1.54) is 12.1 Å². The van der Waals surface area contributed by atoms with E-state index in [9.17, 15) is 13.2 Å². The van der Waals surface area contributed by atoms with E-state index in [1.807, 2.05) is 0 Å². The largest absolute Gasteiger partial charge is 0.573 e. The molecule has 1 rings (SSSR count). The highest BCUT2D eigenvalue weighted by atomic mass is 79.9. The average molecular weight is 349 g/mol. The van der Waals surface area contributed by atoms with Crippen LogP contribution in [0, 0.1) is 0 Å². The summed E-state index contributed by atoms with van der Waals surface area (Å²) in [5.41, 5.74) is 6.16. The number of nitrogens with two attached hydrogens (primary N) is 1. The van der Waals surface area contributed by atoms with Crippen LogP contribution >= 0.6 is 31.9 Å². The van der Waals surface area contributed by atoms with Crippen LogP contribution in [0.2, 0.25) is 0 Å². The molecule has 0 amide bonds. The van der Waals surface area contributed by atoms with Crippen molar-refractivity contribution in [2.24, 2.45) is 0 Å². The highest BCUT2D eigenvalue weighted by molar-refractivity contribution is 9.11. The van der Waals surface area contributed by atoms with Crippen LogP contribution in [0.1, 0.15) is 5.56 Å². The third-order valence-corrected chi connectivity index (χ3v) is 3.13. The van der Waals surface area contributed by atoms with Gasteiger partial charge in [0.15, 0.2) is 5.75 Å². The van der Waals surface area contributed by atoms with Gasteiger partial charge in [0.1, 0.15) is 0 Å². The predicted octanol–water partition coefficient (Wildman–Crippen LogP) is 3.82. The number of hydrogen-bond acceptors (Lipinski definition) is 2. The molecular weight excluding hydrogens is 343 g/mol. The fourth-order valence-electron chi connectivity index (χ4n) is 0.937. The van der Waals surface area contributed by atoms with E-state index in [-0.39, 0.29) is 5.69 Å². The Morgan fingerprint density at radius 2 is 1.93 bits per heavy atom. The number of ether oxygens (including phenoxy) is 1. The summed E-state index contributed by atoms with van der Waals surface area (Å²) in [6.45, 7) is 0. The van der Waals surface area contributed by atoms with Crippen LogP contribution in [0.4, 0.5) is 18.9 Å². The Hall–Kier alpha value is -0.430. The minimum absolute atomic E-state index is 0.0655. The summed E-state index contributed by atoms with van der Waals surface area (Å²) in [6.07, 6.45) is -4.73. The fourth-order valence-corrected chi connectivity index (χ4v) is 2.25. The van der Waals surface area contributed by atoms with Crippen molar-refractivity contribution in [3.63, 3.8) is 0 Å². The Labute approximate surface area is 101 Å². The molecule has 2 N–H and O–H groups in total. The first-order valence-corrected chi connectivity index (χ1v) is 5.65. The van der Waals surface area contributed by atoms with Gasteiger partial charge in [-0.25, -0.2) is 0 Å². The van der Waals surface area contributed by atoms with E-state index < -0.39 is 12.1 Å². The van der Waals surface area contributed by atoms with Gasteiger partial charge in [0, 0.05) is 9.80 Å². The maximum absolute atomic E-state index is 11.9. The summed E-state index contributed by atoms with van der Waals surface area (Å²) in [7, 11) is 0. The number of alkyl halides is 4. The lowest BCUT2D eigenvalue weighted by Crippen LogP contribution is -2.18. The second kappa shape index (κ2) is 4.61. The van der Waals surface area contributed by atoms with Gasteiger partial charge in [-0.15, -0.1) is 13.2 Å². The molecule has 0 atom stereocenters. The van der Waals surface area contributed by atoms with Gasteiger partial charge in [-0.1, -0.05) is 22.0 Å². The number of anilines is 1. The summed E-state index contributed by atoms with van der Waals surface area (Å²) >= 11 is 6.28.